The van der Waals surface area contributed by atoms with Crippen molar-refractivity contribution in [2.24, 2.45) is 0 Å². The third kappa shape index (κ3) is 0.805. The Kier molecular flexibility index (Phi) is 1.29. The van der Waals surface area contributed by atoms with Crippen molar-refractivity contribution in [1.29, 1.82) is 0 Å². The molecule has 0 aromatic rings. The van der Waals surface area contributed by atoms with Crippen LogP contribution in [0.5, 0.6) is 0 Å². The summed E-state index contributed by atoms with van der Waals surface area (Å²) in [5, 5.41) is 18.2. The van der Waals surface area contributed by atoms with Crippen molar-refractivity contribution in [1.82, 2.24) is 4.90 Å². The van der Waals surface area contributed by atoms with Crippen LogP contribution in [0.15, 0.2) is 11.6 Å². The van der Waals surface area contributed by atoms with Crippen LogP contribution in [0.25, 0.3) is 0 Å². The van der Waals surface area contributed by atoms with Gasteiger partial charge in [0.1, 0.15) is 0 Å². The quantitative estimate of drug-likeness (QED) is 0.526. The SMILES string of the molecule is O=C1CC2SCC(O)=C(O)N12. The molecule has 0 aromatic carbocycles. The van der Waals surface area contributed by atoms with E-state index in [1.807, 2.05) is 0 Å². The van der Waals surface area contributed by atoms with Gasteiger partial charge in [-0.25, -0.2) is 0 Å². The number of carbonyl (C=O) groups is 1. The average molecular weight is 173 g/mol. The van der Waals surface area contributed by atoms with Crippen LogP contribution in [0, 0.1) is 0 Å². The highest BCUT2D eigenvalue weighted by Crippen LogP contribution is 2.37. The Morgan fingerprint density at radius 3 is 2.82 bits per heavy atom. The number of nitrogens with zero attached hydrogens (tertiary/aromatic N) is 1. The van der Waals surface area contributed by atoms with Crippen LogP contribution >= 0.6 is 11.8 Å². The molecule has 1 unspecified atom stereocenters. The molecule has 5 heteroatoms. The van der Waals surface area contributed by atoms with Gasteiger partial charge in [-0.15, -0.1) is 11.8 Å². The Labute approximate surface area is 67.5 Å². The highest BCUT2D eigenvalue weighted by Gasteiger charge is 2.43. The fourth-order valence-electron chi connectivity index (χ4n) is 1.15. The summed E-state index contributed by atoms with van der Waals surface area (Å²) < 4.78 is 0. The van der Waals surface area contributed by atoms with Gasteiger partial charge in [0.25, 0.3) is 0 Å². The molecule has 0 spiro atoms. The molecule has 1 saturated heterocycles. The number of carbonyl (C=O) groups excluding carboxylic acids is 1. The van der Waals surface area contributed by atoms with Crippen molar-refractivity contribution in [2.45, 2.75) is 11.8 Å². The van der Waals surface area contributed by atoms with E-state index in [0.717, 1.165) is 0 Å². The van der Waals surface area contributed by atoms with E-state index in [2.05, 4.69) is 0 Å². The first-order chi connectivity index (χ1) is 5.20. The van der Waals surface area contributed by atoms with Gasteiger partial charge in [0.2, 0.25) is 11.8 Å². The molecule has 1 amide bonds. The van der Waals surface area contributed by atoms with E-state index in [1.165, 1.54) is 16.7 Å². The summed E-state index contributed by atoms with van der Waals surface area (Å²) in [7, 11) is 0. The lowest BCUT2D eigenvalue weighted by Crippen LogP contribution is -2.52. The summed E-state index contributed by atoms with van der Waals surface area (Å²) in [5.41, 5.74) is 0. The molecule has 0 radical (unpaired) electrons. The second-order valence-corrected chi connectivity index (χ2v) is 3.67. The summed E-state index contributed by atoms with van der Waals surface area (Å²) in [6.45, 7) is 0. The molecule has 11 heavy (non-hydrogen) atoms. The Morgan fingerprint density at radius 1 is 1.55 bits per heavy atom. The molecule has 60 valence electrons. The third-order valence-electron chi connectivity index (χ3n) is 1.80. The molecule has 2 aliphatic rings. The van der Waals surface area contributed by atoms with Crippen molar-refractivity contribution in [3.63, 3.8) is 0 Å². The third-order valence-corrected chi connectivity index (χ3v) is 3.01. The largest absolute Gasteiger partial charge is 0.506 e. The number of rotatable bonds is 0. The lowest BCUT2D eigenvalue weighted by atomic mass is 10.2. The first kappa shape index (κ1) is 6.84. The summed E-state index contributed by atoms with van der Waals surface area (Å²) >= 11 is 1.47. The molecular weight excluding hydrogens is 166 g/mol. The van der Waals surface area contributed by atoms with E-state index in [0.29, 0.717) is 12.2 Å². The second kappa shape index (κ2) is 2.07. The number of hydrogen-bond acceptors (Lipinski definition) is 4. The van der Waals surface area contributed by atoms with Crippen LogP contribution < -0.4 is 0 Å². The minimum Gasteiger partial charge on any atom is -0.506 e. The number of aliphatic hydroxyl groups is 2. The molecule has 1 atom stereocenters. The maximum Gasteiger partial charge on any atom is 0.234 e. The molecule has 2 heterocycles. The summed E-state index contributed by atoms with van der Waals surface area (Å²) in [5.74, 6) is -0.0733. The van der Waals surface area contributed by atoms with Gasteiger partial charge in [0.05, 0.1) is 17.5 Å². The van der Waals surface area contributed by atoms with Crippen molar-refractivity contribution >= 4 is 17.7 Å². The molecule has 0 aromatic heterocycles. The molecule has 1 fully saturated rings. The van der Waals surface area contributed by atoms with Crippen molar-refractivity contribution in [2.75, 3.05) is 5.75 Å². The van der Waals surface area contributed by atoms with E-state index in [9.17, 15) is 4.79 Å². The molecule has 4 nitrogen and oxygen atoms in total. The second-order valence-electron chi connectivity index (χ2n) is 2.50. The van der Waals surface area contributed by atoms with E-state index in [-0.39, 0.29) is 22.9 Å². The zero-order chi connectivity index (χ0) is 8.01. The van der Waals surface area contributed by atoms with Crippen LogP contribution in [0.4, 0.5) is 0 Å². The van der Waals surface area contributed by atoms with E-state index >= 15 is 0 Å². The van der Waals surface area contributed by atoms with E-state index < -0.39 is 0 Å². The van der Waals surface area contributed by atoms with Gasteiger partial charge in [-0.2, -0.15) is 0 Å². The normalized spacial score (nSPS) is 30.0. The molecule has 0 bridgehead atoms. The number of hydrogen-bond donors (Lipinski definition) is 2. The van der Waals surface area contributed by atoms with Crippen LogP contribution in [-0.4, -0.2) is 32.1 Å². The van der Waals surface area contributed by atoms with Crippen molar-refractivity contribution in [3.05, 3.63) is 11.6 Å². The van der Waals surface area contributed by atoms with Crippen LogP contribution in [0.3, 0.4) is 0 Å². The minimum atomic E-state index is -0.259. The summed E-state index contributed by atoms with van der Waals surface area (Å²) in [6, 6.07) is 0. The Hall–Kier alpha value is -0.840. The Morgan fingerprint density at radius 2 is 2.27 bits per heavy atom. The first-order valence-corrected chi connectivity index (χ1v) is 4.30. The molecule has 0 aliphatic carbocycles. The van der Waals surface area contributed by atoms with Gasteiger partial charge in [-0.05, 0) is 0 Å². The molecule has 0 saturated carbocycles. The van der Waals surface area contributed by atoms with Crippen molar-refractivity contribution in [3.8, 4) is 0 Å². The number of fused-ring (bicyclic) bond motifs is 1. The minimum absolute atomic E-state index is 0.0541. The van der Waals surface area contributed by atoms with Gasteiger partial charge in [0.15, 0.2) is 5.76 Å². The lowest BCUT2D eigenvalue weighted by molar-refractivity contribution is -0.141. The number of thioether (sulfide) groups is 1. The number of β-lactam (4-membered cyclic amide) rings is 1. The van der Waals surface area contributed by atoms with Gasteiger partial charge >= 0.3 is 0 Å². The highest BCUT2D eigenvalue weighted by molar-refractivity contribution is 8.00. The number of amides is 1. The fraction of sp³-hybridized carbons (Fsp3) is 0.500. The van der Waals surface area contributed by atoms with E-state index in [1.54, 1.807) is 0 Å². The fourth-order valence-corrected chi connectivity index (χ4v) is 2.26. The standard InChI is InChI=1S/C6H7NO3S/c8-3-2-11-5-1-4(9)7(5)6(3)10/h5,8,10H,1-2H2. The van der Waals surface area contributed by atoms with Crippen LogP contribution in [-0.2, 0) is 4.79 Å². The van der Waals surface area contributed by atoms with Crippen molar-refractivity contribution < 1.29 is 15.0 Å². The average Bonchev–Trinajstić information content (AvgIpc) is 1.94. The monoisotopic (exact) mass is 173 g/mol. The van der Waals surface area contributed by atoms with Gasteiger partial charge in [-0.1, -0.05) is 0 Å². The smallest absolute Gasteiger partial charge is 0.234 e. The maximum atomic E-state index is 10.8. The summed E-state index contributed by atoms with van der Waals surface area (Å²) in [6.07, 6.45) is 0.474. The van der Waals surface area contributed by atoms with Crippen LogP contribution in [0.2, 0.25) is 0 Å². The summed E-state index contributed by atoms with van der Waals surface area (Å²) in [4.78, 5) is 12.1. The molecule has 2 aliphatic heterocycles. The van der Waals surface area contributed by atoms with Gasteiger partial charge in [0, 0.05) is 0 Å². The lowest BCUT2D eigenvalue weighted by Gasteiger charge is -2.41. The number of aliphatic hydroxyl groups excluding tert-OH is 2. The predicted octanol–water partition coefficient (Wildman–Crippen LogP) is 0.577. The zero-order valence-corrected chi connectivity index (χ0v) is 6.47. The topological polar surface area (TPSA) is 60.8 Å². The Balaban J connectivity index is 2.29. The van der Waals surface area contributed by atoms with Gasteiger partial charge < -0.3 is 10.2 Å². The zero-order valence-electron chi connectivity index (χ0n) is 5.65. The van der Waals surface area contributed by atoms with Crippen LogP contribution in [0.1, 0.15) is 6.42 Å². The predicted molar refractivity (Wildman–Crippen MR) is 40.0 cm³/mol. The highest BCUT2D eigenvalue weighted by atomic mass is 32.2. The van der Waals surface area contributed by atoms with Gasteiger partial charge in [-0.3, -0.25) is 9.69 Å². The Bertz CT molecular complexity index is 250. The molecule has 2 rings (SSSR count). The maximum absolute atomic E-state index is 10.8. The van der Waals surface area contributed by atoms with E-state index in [4.69, 9.17) is 10.2 Å². The molecule has 2 N–H and O–H groups in total. The molecular formula is C6H7NO3S. The first-order valence-electron chi connectivity index (χ1n) is 3.25.